The first-order chi connectivity index (χ1) is 27.7. The molecule has 0 aliphatic rings. The first kappa shape index (κ1) is 41.0. The molecule has 0 radical (unpaired) electrons. The van der Waals surface area contributed by atoms with Gasteiger partial charge in [-0.25, -0.2) is 19.9 Å². The normalized spacial score (nSPS) is 10.3. The molecular formula is C52H42N4O3. The van der Waals surface area contributed by atoms with Crippen molar-refractivity contribution in [3.63, 3.8) is 0 Å². The predicted molar refractivity (Wildman–Crippen MR) is 248 cm³/mol. The zero-order chi connectivity index (χ0) is 37.5. The summed E-state index contributed by atoms with van der Waals surface area (Å²) in [5, 5.41) is 9.60. The standard InChI is InChI=1S/4C13H9N.3H2O/c4*1-3-7-12-10(5-1)9-11-6-2-4-8-13(11)14-12;;;/h4*1-9H;3*1H2. The first-order valence-corrected chi connectivity index (χ1v) is 18.7. The molecule has 0 spiro atoms. The van der Waals surface area contributed by atoms with Gasteiger partial charge in [0.15, 0.2) is 0 Å². The highest BCUT2D eigenvalue weighted by atomic mass is 16.0. The van der Waals surface area contributed by atoms with Crippen LogP contribution in [0.4, 0.5) is 0 Å². The van der Waals surface area contributed by atoms with E-state index in [1.54, 1.807) is 0 Å². The molecule has 0 bridgehead atoms. The summed E-state index contributed by atoms with van der Waals surface area (Å²) in [6.45, 7) is 0. The largest absolute Gasteiger partial charge is 0.412 e. The van der Waals surface area contributed by atoms with Gasteiger partial charge in [0.2, 0.25) is 0 Å². The lowest BCUT2D eigenvalue weighted by Crippen LogP contribution is -1.80. The van der Waals surface area contributed by atoms with Crippen molar-refractivity contribution in [1.29, 1.82) is 0 Å². The highest BCUT2D eigenvalue weighted by Gasteiger charge is 2.00. The van der Waals surface area contributed by atoms with E-state index < -0.39 is 0 Å². The van der Waals surface area contributed by atoms with Crippen LogP contribution in [0.25, 0.3) is 87.2 Å². The SMILES string of the molecule is O.O.O.c1ccc2nc3ccccc3cc2c1.c1ccc2nc3ccccc3cc2c1.c1ccc2nc3ccccc3cc2c1.c1ccc2nc3ccccc3cc2c1. The van der Waals surface area contributed by atoms with Crippen molar-refractivity contribution in [3.05, 3.63) is 218 Å². The summed E-state index contributed by atoms with van der Waals surface area (Å²) in [5.74, 6) is 0. The van der Waals surface area contributed by atoms with Crippen LogP contribution in [0, 0.1) is 0 Å². The molecule has 12 aromatic rings. The average molecular weight is 771 g/mol. The smallest absolute Gasteiger partial charge is 0.0709 e. The Hall–Kier alpha value is -7.68. The highest BCUT2D eigenvalue weighted by Crippen LogP contribution is 2.22. The zero-order valence-electron chi connectivity index (χ0n) is 32.1. The van der Waals surface area contributed by atoms with Crippen LogP contribution in [0.3, 0.4) is 0 Å². The summed E-state index contributed by atoms with van der Waals surface area (Å²) in [5.41, 5.74) is 8.49. The number of hydrogen-bond donors (Lipinski definition) is 0. The molecule has 0 saturated carbocycles. The van der Waals surface area contributed by atoms with Crippen molar-refractivity contribution in [2.75, 3.05) is 0 Å². The van der Waals surface area contributed by atoms with Crippen LogP contribution in [-0.2, 0) is 0 Å². The summed E-state index contributed by atoms with van der Waals surface area (Å²) in [6, 6.07) is 74.3. The van der Waals surface area contributed by atoms with Gasteiger partial charge in [-0.1, -0.05) is 146 Å². The Morgan fingerprint density at radius 3 is 0.424 bits per heavy atom. The molecule has 4 aromatic heterocycles. The molecule has 0 atom stereocenters. The third-order valence-corrected chi connectivity index (χ3v) is 9.70. The van der Waals surface area contributed by atoms with Crippen molar-refractivity contribution in [3.8, 4) is 0 Å². The minimum absolute atomic E-state index is 0. The van der Waals surface area contributed by atoms with Crippen LogP contribution in [0.15, 0.2) is 218 Å². The van der Waals surface area contributed by atoms with Crippen LogP contribution in [-0.4, -0.2) is 36.4 Å². The fraction of sp³-hybridized carbons (Fsp3) is 0. The van der Waals surface area contributed by atoms with Crippen molar-refractivity contribution >= 4 is 87.2 Å². The van der Waals surface area contributed by atoms with Gasteiger partial charge in [-0.05, 0) is 72.8 Å². The van der Waals surface area contributed by atoms with E-state index in [0.29, 0.717) is 0 Å². The van der Waals surface area contributed by atoms with Gasteiger partial charge in [-0.15, -0.1) is 0 Å². The molecule has 0 fully saturated rings. The molecule has 7 heteroatoms. The van der Waals surface area contributed by atoms with Gasteiger partial charge in [0.1, 0.15) is 0 Å². The van der Waals surface area contributed by atoms with Gasteiger partial charge < -0.3 is 16.4 Å². The van der Waals surface area contributed by atoms with Gasteiger partial charge in [0, 0.05) is 43.1 Å². The number of aromatic nitrogens is 4. The van der Waals surface area contributed by atoms with Crippen LogP contribution < -0.4 is 0 Å². The molecule has 0 aliphatic carbocycles. The van der Waals surface area contributed by atoms with E-state index in [1.165, 1.54) is 43.1 Å². The molecule has 6 N–H and O–H groups in total. The minimum Gasteiger partial charge on any atom is -0.412 e. The average Bonchev–Trinajstić information content (AvgIpc) is 3.27. The summed E-state index contributed by atoms with van der Waals surface area (Å²) in [7, 11) is 0. The Morgan fingerprint density at radius 1 is 0.169 bits per heavy atom. The van der Waals surface area contributed by atoms with Gasteiger partial charge in [-0.2, -0.15) is 0 Å². The minimum atomic E-state index is 0. The van der Waals surface area contributed by atoms with E-state index in [2.05, 4.69) is 92.7 Å². The molecule has 59 heavy (non-hydrogen) atoms. The quantitative estimate of drug-likeness (QED) is 0.141. The Morgan fingerprint density at radius 2 is 0.288 bits per heavy atom. The number of benzene rings is 8. The molecule has 4 heterocycles. The molecule has 288 valence electrons. The van der Waals surface area contributed by atoms with Gasteiger partial charge in [0.05, 0.1) is 44.1 Å². The van der Waals surface area contributed by atoms with Crippen molar-refractivity contribution < 1.29 is 16.4 Å². The lowest BCUT2D eigenvalue weighted by Gasteiger charge is -1.99. The molecule has 0 unspecified atom stereocenters. The number of rotatable bonds is 0. The van der Waals surface area contributed by atoms with Crippen molar-refractivity contribution in [2.45, 2.75) is 0 Å². The first-order valence-electron chi connectivity index (χ1n) is 18.7. The van der Waals surface area contributed by atoms with Crippen LogP contribution >= 0.6 is 0 Å². The molecule has 7 nitrogen and oxygen atoms in total. The van der Waals surface area contributed by atoms with E-state index in [0.717, 1.165) is 44.1 Å². The Bertz CT molecular complexity index is 2440. The topological polar surface area (TPSA) is 146 Å². The van der Waals surface area contributed by atoms with Crippen LogP contribution in [0.2, 0.25) is 0 Å². The number of pyridine rings is 4. The molecule has 0 saturated heterocycles. The fourth-order valence-electron chi connectivity index (χ4n) is 6.88. The third kappa shape index (κ3) is 9.31. The zero-order valence-corrected chi connectivity index (χ0v) is 32.1. The second kappa shape index (κ2) is 19.0. The van der Waals surface area contributed by atoms with Crippen LogP contribution in [0.5, 0.6) is 0 Å². The van der Waals surface area contributed by atoms with Gasteiger partial charge in [0.25, 0.3) is 0 Å². The van der Waals surface area contributed by atoms with E-state index in [4.69, 9.17) is 0 Å². The van der Waals surface area contributed by atoms with Crippen molar-refractivity contribution in [2.24, 2.45) is 0 Å². The Kier molecular flexibility index (Phi) is 13.2. The number of fused-ring (bicyclic) bond motifs is 8. The lowest BCUT2D eigenvalue weighted by atomic mass is 10.1. The maximum absolute atomic E-state index is 4.58. The summed E-state index contributed by atoms with van der Waals surface area (Å²) >= 11 is 0. The molecule has 0 aliphatic heterocycles. The van der Waals surface area contributed by atoms with E-state index in [1.807, 2.05) is 146 Å². The third-order valence-electron chi connectivity index (χ3n) is 9.70. The second-order valence-electron chi connectivity index (χ2n) is 13.5. The number of nitrogens with zero attached hydrogens (tertiary/aromatic N) is 4. The van der Waals surface area contributed by atoms with Crippen molar-refractivity contribution in [1.82, 2.24) is 19.9 Å². The molecule has 12 rings (SSSR count). The van der Waals surface area contributed by atoms with Crippen LogP contribution in [0.1, 0.15) is 0 Å². The highest BCUT2D eigenvalue weighted by molar-refractivity contribution is 5.95. The summed E-state index contributed by atoms with van der Waals surface area (Å²) in [6.07, 6.45) is 0. The maximum Gasteiger partial charge on any atom is 0.0709 e. The number of para-hydroxylation sites is 8. The Labute approximate surface area is 340 Å². The second-order valence-corrected chi connectivity index (χ2v) is 13.5. The van der Waals surface area contributed by atoms with E-state index in [9.17, 15) is 0 Å². The molecule has 8 aromatic carbocycles. The van der Waals surface area contributed by atoms with E-state index >= 15 is 0 Å². The van der Waals surface area contributed by atoms with Gasteiger partial charge >= 0.3 is 0 Å². The predicted octanol–water partition coefficient (Wildman–Crippen LogP) is 11.1. The monoisotopic (exact) mass is 770 g/mol. The Balaban J connectivity index is 0.000000130. The summed E-state index contributed by atoms with van der Waals surface area (Å²) in [4.78, 5) is 18.3. The fourth-order valence-corrected chi connectivity index (χ4v) is 6.88. The van der Waals surface area contributed by atoms with E-state index in [-0.39, 0.29) is 16.4 Å². The maximum atomic E-state index is 4.58. The lowest BCUT2D eigenvalue weighted by molar-refractivity contribution is 0.823. The summed E-state index contributed by atoms with van der Waals surface area (Å²) < 4.78 is 0. The molecular weight excluding hydrogens is 729 g/mol. The molecule has 0 amide bonds. The van der Waals surface area contributed by atoms with Gasteiger partial charge in [-0.3, -0.25) is 0 Å². The number of hydrogen-bond acceptors (Lipinski definition) is 4.